The summed E-state index contributed by atoms with van der Waals surface area (Å²) in [5.41, 5.74) is 0.779. The summed E-state index contributed by atoms with van der Waals surface area (Å²) in [6.45, 7) is 0.167. The number of nitrogens with zero attached hydrogens (tertiary/aromatic N) is 2. The maximum Gasteiger partial charge on any atom is 0.276 e. The maximum atomic E-state index is 8.70. The highest BCUT2D eigenvalue weighted by atomic mass is 32.2. The van der Waals surface area contributed by atoms with Gasteiger partial charge in [-0.05, 0) is 18.6 Å². The van der Waals surface area contributed by atoms with Gasteiger partial charge in [-0.15, -0.1) is 10.2 Å². The van der Waals surface area contributed by atoms with Crippen LogP contribution in [0.5, 0.6) is 5.75 Å². The summed E-state index contributed by atoms with van der Waals surface area (Å²) in [5, 5.41) is 17.1. The summed E-state index contributed by atoms with van der Waals surface area (Å²) in [6.07, 6.45) is 0.705. The molecule has 1 N–H and O–H groups in total. The first-order valence-electron chi connectivity index (χ1n) is 5.55. The molecule has 0 fully saturated rings. The van der Waals surface area contributed by atoms with E-state index in [-0.39, 0.29) is 6.61 Å². The van der Waals surface area contributed by atoms with E-state index in [1.54, 1.807) is 7.11 Å². The molecule has 1 aromatic carbocycles. The van der Waals surface area contributed by atoms with Crippen molar-refractivity contribution >= 4 is 11.8 Å². The molecule has 2 aromatic rings. The van der Waals surface area contributed by atoms with Crippen molar-refractivity contribution in [1.29, 1.82) is 0 Å². The zero-order valence-corrected chi connectivity index (χ0v) is 10.8. The minimum atomic E-state index is 0.167. The number of benzene rings is 1. The lowest BCUT2D eigenvalue weighted by Gasteiger charge is -2.03. The Hall–Kier alpha value is -1.53. The SMILES string of the molecule is COc1ccccc1-c1nnc(SCCCO)o1. The zero-order chi connectivity index (χ0) is 12.8. The van der Waals surface area contributed by atoms with Crippen LogP contribution in [0.15, 0.2) is 33.9 Å². The second-order valence-electron chi connectivity index (χ2n) is 3.50. The molecule has 0 aliphatic carbocycles. The fraction of sp³-hybridized carbons (Fsp3) is 0.333. The summed E-state index contributed by atoms with van der Waals surface area (Å²) in [7, 11) is 1.60. The van der Waals surface area contributed by atoms with Crippen molar-refractivity contribution in [2.24, 2.45) is 0 Å². The minimum Gasteiger partial charge on any atom is -0.496 e. The Morgan fingerprint density at radius 1 is 1.33 bits per heavy atom. The average molecular weight is 266 g/mol. The van der Waals surface area contributed by atoms with Crippen LogP contribution in [-0.2, 0) is 0 Å². The third-order valence-corrected chi connectivity index (χ3v) is 3.18. The molecule has 0 atom stereocenters. The second-order valence-corrected chi connectivity index (χ2v) is 4.55. The first-order valence-corrected chi connectivity index (χ1v) is 6.54. The first kappa shape index (κ1) is 12.9. The third-order valence-electron chi connectivity index (χ3n) is 2.27. The lowest BCUT2D eigenvalue weighted by Crippen LogP contribution is -1.87. The number of hydrogen-bond acceptors (Lipinski definition) is 6. The average Bonchev–Trinajstić information content (AvgIpc) is 2.88. The van der Waals surface area contributed by atoms with E-state index in [2.05, 4.69) is 10.2 Å². The number of ether oxygens (including phenoxy) is 1. The molecule has 0 radical (unpaired) electrons. The van der Waals surface area contributed by atoms with Gasteiger partial charge in [-0.25, -0.2) is 0 Å². The number of hydrogen-bond donors (Lipinski definition) is 1. The summed E-state index contributed by atoms with van der Waals surface area (Å²) in [5.74, 6) is 1.90. The Morgan fingerprint density at radius 3 is 2.94 bits per heavy atom. The number of methoxy groups -OCH3 is 1. The lowest BCUT2D eigenvalue weighted by molar-refractivity contribution is 0.296. The Labute approximate surface area is 109 Å². The van der Waals surface area contributed by atoms with Crippen LogP contribution in [0.2, 0.25) is 0 Å². The molecule has 96 valence electrons. The van der Waals surface area contributed by atoms with Crippen molar-refractivity contribution < 1.29 is 14.3 Å². The predicted molar refractivity (Wildman–Crippen MR) is 68.7 cm³/mol. The minimum absolute atomic E-state index is 0.167. The van der Waals surface area contributed by atoms with E-state index < -0.39 is 0 Å². The smallest absolute Gasteiger partial charge is 0.276 e. The second kappa shape index (κ2) is 6.42. The number of thioether (sulfide) groups is 1. The molecule has 1 aromatic heterocycles. The van der Waals surface area contributed by atoms with Gasteiger partial charge in [0.2, 0.25) is 0 Å². The number of aromatic nitrogens is 2. The molecular weight excluding hydrogens is 252 g/mol. The standard InChI is InChI=1S/C12H14N2O3S/c1-16-10-6-3-2-5-9(10)11-13-14-12(17-11)18-8-4-7-15/h2-3,5-6,15H,4,7-8H2,1H3. The number of rotatable bonds is 6. The van der Waals surface area contributed by atoms with Crippen LogP contribution >= 0.6 is 11.8 Å². The molecule has 0 amide bonds. The summed E-state index contributed by atoms with van der Waals surface area (Å²) >= 11 is 1.43. The third kappa shape index (κ3) is 3.02. The quantitative estimate of drug-likeness (QED) is 0.638. The molecule has 1 heterocycles. The van der Waals surface area contributed by atoms with E-state index >= 15 is 0 Å². The van der Waals surface area contributed by atoms with E-state index in [9.17, 15) is 0 Å². The molecular formula is C12H14N2O3S. The van der Waals surface area contributed by atoms with Gasteiger partial charge in [-0.1, -0.05) is 23.9 Å². The van der Waals surface area contributed by atoms with E-state index in [0.717, 1.165) is 11.3 Å². The molecule has 0 aliphatic rings. The van der Waals surface area contributed by atoms with Crippen LogP contribution in [0.3, 0.4) is 0 Å². The van der Waals surface area contributed by atoms with Crippen molar-refractivity contribution in [2.75, 3.05) is 19.5 Å². The van der Waals surface area contributed by atoms with Gasteiger partial charge in [0.05, 0.1) is 12.7 Å². The van der Waals surface area contributed by atoms with Crippen LogP contribution in [0.4, 0.5) is 0 Å². The van der Waals surface area contributed by atoms with Crippen molar-refractivity contribution in [1.82, 2.24) is 10.2 Å². The molecule has 5 nitrogen and oxygen atoms in total. The van der Waals surface area contributed by atoms with Crippen molar-refractivity contribution in [3.05, 3.63) is 24.3 Å². The number of aliphatic hydroxyl groups excluding tert-OH is 1. The maximum absolute atomic E-state index is 8.70. The molecule has 0 bridgehead atoms. The van der Waals surface area contributed by atoms with E-state index in [1.807, 2.05) is 24.3 Å². The van der Waals surface area contributed by atoms with Crippen molar-refractivity contribution in [3.63, 3.8) is 0 Å². The van der Waals surface area contributed by atoms with Crippen molar-refractivity contribution in [3.8, 4) is 17.2 Å². The van der Waals surface area contributed by atoms with Crippen LogP contribution in [0, 0.1) is 0 Å². The molecule has 0 unspecified atom stereocenters. The van der Waals surface area contributed by atoms with E-state index in [0.29, 0.717) is 23.3 Å². The molecule has 18 heavy (non-hydrogen) atoms. The Kier molecular flexibility index (Phi) is 4.60. The van der Waals surface area contributed by atoms with E-state index in [4.69, 9.17) is 14.3 Å². The number of para-hydroxylation sites is 1. The van der Waals surface area contributed by atoms with Gasteiger partial charge in [0.1, 0.15) is 5.75 Å². The predicted octanol–water partition coefficient (Wildman–Crippen LogP) is 2.22. The highest BCUT2D eigenvalue weighted by Crippen LogP contribution is 2.30. The zero-order valence-electron chi connectivity index (χ0n) is 10.00. The normalized spacial score (nSPS) is 10.6. The van der Waals surface area contributed by atoms with Gasteiger partial charge < -0.3 is 14.3 Å². The largest absolute Gasteiger partial charge is 0.496 e. The van der Waals surface area contributed by atoms with Crippen LogP contribution < -0.4 is 4.74 Å². The molecule has 2 rings (SSSR count). The first-order chi connectivity index (χ1) is 8.85. The van der Waals surface area contributed by atoms with Crippen LogP contribution in [0.25, 0.3) is 11.5 Å². The Balaban J connectivity index is 2.13. The van der Waals surface area contributed by atoms with Crippen LogP contribution in [0.1, 0.15) is 6.42 Å². The molecule has 0 saturated heterocycles. The van der Waals surface area contributed by atoms with Gasteiger partial charge in [0.25, 0.3) is 11.1 Å². The highest BCUT2D eigenvalue weighted by Gasteiger charge is 2.12. The molecule has 0 spiro atoms. The fourth-order valence-electron chi connectivity index (χ4n) is 1.42. The monoisotopic (exact) mass is 266 g/mol. The number of aliphatic hydroxyl groups is 1. The summed E-state index contributed by atoms with van der Waals surface area (Å²) in [6, 6.07) is 7.49. The van der Waals surface area contributed by atoms with Gasteiger partial charge in [0.15, 0.2) is 0 Å². The van der Waals surface area contributed by atoms with Crippen LogP contribution in [-0.4, -0.2) is 34.8 Å². The lowest BCUT2D eigenvalue weighted by atomic mass is 10.2. The Morgan fingerprint density at radius 2 is 2.17 bits per heavy atom. The molecule has 6 heteroatoms. The topological polar surface area (TPSA) is 68.4 Å². The molecule has 0 saturated carbocycles. The van der Waals surface area contributed by atoms with Gasteiger partial charge in [0, 0.05) is 12.4 Å². The Bertz CT molecular complexity index is 502. The fourth-order valence-corrected chi connectivity index (χ4v) is 2.11. The van der Waals surface area contributed by atoms with Gasteiger partial charge in [-0.3, -0.25) is 0 Å². The summed E-state index contributed by atoms with van der Waals surface area (Å²) < 4.78 is 10.8. The van der Waals surface area contributed by atoms with Gasteiger partial charge >= 0.3 is 0 Å². The van der Waals surface area contributed by atoms with Gasteiger partial charge in [-0.2, -0.15) is 0 Å². The highest BCUT2D eigenvalue weighted by molar-refractivity contribution is 7.99. The molecule has 0 aliphatic heterocycles. The van der Waals surface area contributed by atoms with E-state index in [1.165, 1.54) is 11.8 Å². The summed E-state index contributed by atoms with van der Waals surface area (Å²) in [4.78, 5) is 0. The van der Waals surface area contributed by atoms with Crippen molar-refractivity contribution in [2.45, 2.75) is 11.6 Å².